The number of pyridine rings is 1. The molecule has 0 saturated carbocycles. The molecule has 8 heteroatoms. The van der Waals surface area contributed by atoms with Gasteiger partial charge in [0.1, 0.15) is 11.6 Å². The minimum Gasteiger partial charge on any atom is -0.332 e. The van der Waals surface area contributed by atoms with Crippen LogP contribution in [-0.2, 0) is 13.5 Å². The molecule has 6 nitrogen and oxygen atoms in total. The Morgan fingerprint density at radius 1 is 1.31 bits per heavy atom. The predicted octanol–water partition coefficient (Wildman–Crippen LogP) is 2.30. The van der Waals surface area contributed by atoms with E-state index in [1.54, 1.807) is 18.5 Å². The summed E-state index contributed by atoms with van der Waals surface area (Å²) >= 11 is 0. The summed E-state index contributed by atoms with van der Waals surface area (Å²) in [6, 6.07) is 2.85. The highest BCUT2D eigenvalue weighted by molar-refractivity contribution is 6.04. The normalized spacial score (nSPS) is 16.8. The topological polar surface area (TPSA) is 71.0 Å². The molecule has 0 fully saturated rings. The number of aromatic amines is 1. The molecule has 1 amide bonds. The van der Waals surface area contributed by atoms with E-state index in [0.29, 0.717) is 22.3 Å². The van der Waals surface area contributed by atoms with Crippen molar-refractivity contribution in [1.82, 2.24) is 19.4 Å². The summed E-state index contributed by atoms with van der Waals surface area (Å²) in [4.78, 5) is 33.3. The Morgan fingerprint density at radius 2 is 2.08 bits per heavy atom. The minimum absolute atomic E-state index is 0.218. The van der Waals surface area contributed by atoms with Gasteiger partial charge in [-0.25, -0.2) is 13.8 Å². The maximum absolute atomic E-state index is 14.0. The first-order valence-electron chi connectivity index (χ1n) is 8.20. The number of aryl methyl sites for hydroxylation is 1. The molecule has 1 aliphatic heterocycles. The third kappa shape index (κ3) is 2.40. The molecule has 0 aliphatic carbocycles. The Kier molecular flexibility index (Phi) is 3.64. The first-order chi connectivity index (χ1) is 12.4. The van der Waals surface area contributed by atoms with E-state index in [1.165, 1.54) is 23.4 Å². The van der Waals surface area contributed by atoms with E-state index in [9.17, 15) is 18.4 Å². The second-order valence-electron chi connectivity index (χ2n) is 6.48. The Bertz CT molecular complexity index is 1100. The maximum atomic E-state index is 14.0. The molecule has 1 N–H and O–H groups in total. The van der Waals surface area contributed by atoms with Crippen molar-refractivity contribution in [3.63, 3.8) is 0 Å². The summed E-state index contributed by atoms with van der Waals surface area (Å²) in [7, 11) is 1.73. The number of rotatable bonds is 1. The smallest absolute Gasteiger partial charge is 0.256 e. The monoisotopic (exact) mass is 358 g/mol. The highest BCUT2D eigenvalue weighted by atomic mass is 19.1. The van der Waals surface area contributed by atoms with Crippen molar-refractivity contribution in [1.29, 1.82) is 0 Å². The van der Waals surface area contributed by atoms with Gasteiger partial charge in [0, 0.05) is 25.7 Å². The van der Waals surface area contributed by atoms with Crippen LogP contribution in [0.25, 0.3) is 11.2 Å². The van der Waals surface area contributed by atoms with Gasteiger partial charge in [-0.05, 0) is 30.5 Å². The minimum atomic E-state index is -0.674. The fourth-order valence-electron chi connectivity index (χ4n) is 3.64. The highest BCUT2D eigenvalue weighted by Gasteiger charge is 2.32. The molecule has 4 rings (SSSR count). The van der Waals surface area contributed by atoms with E-state index in [1.807, 2.05) is 0 Å². The Balaban J connectivity index is 1.81. The zero-order chi connectivity index (χ0) is 18.6. The quantitative estimate of drug-likeness (QED) is 0.726. The number of hydrogen-bond donors (Lipinski definition) is 1. The van der Waals surface area contributed by atoms with Gasteiger partial charge in [-0.1, -0.05) is 0 Å². The van der Waals surface area contributed by atoms with Gasteiger partial charge in [-0.2, -0.15) is 0 Å². The van der Waals surface area contributed by atoms with Crippen LogP contribution in [0.15, 0.2) is 29.3 Å². The van der Waals surface area contributed by atoms with Gasteiger partial charge >= 0.3 is 0 Å². The standard InChI is InChI=1S/C18H16F2N4O2/c1-9-12-5-10(19)6-14(20)11(12)3-4-24(9)18(26)13-7-15(25)22-17-16(13)23(2)8-21-17/h5-9H,3-4H2,1-2H3,(H,22,25). The lowest BCUT2D eigenvalue weighted by Crippen LogP contribution is -2.39. The van der Waals surface area contributed by atoms with Crippen LogP contribution in [0.4, 0.5) is 8.78 Å². The van der Waals surface area contributed by atoms with E-state index in [4.69, 9.17) is 0 Å². The second kappa shape index (κ2) is 5.76. The summed E-state index contributed by atoms with van der Waals surface area (Å²) in [5, 5.41) is 0. The van der Waals surface area contributed by atoms with E-state index in [2.05, 4.69) is 9.97 Å². The summed E-state index contributed by atoms with van der Waals surface area (Å²) in [5.41, 5.74) is 1.51. The number of nitrogens with one attached hydrogen (secondary N) is 1. The van der Waals surface area contributed by atoms with Gasteiger partial charge in [0.2, 0.25) is 5.56 Å². The van der Waals surface area contributed by atoms with Gasteiger partial charge in [0.05, 0.1) is 23.4 Å². The van der Waals surface area contributed by atoms with Gasteiger partial charge in [0.25, 0.3) is 5.91 Å². The average molecular weight is 358 g/mol. The van der Waals surface area contributed by atoms with Crippen molar-refractivity contribution in [2.24, 2.45) is 7.05 Å². The molecule has 26 heavy (non-hydrogen) atoms. The number of fused-ring (bicyclic) bond motifs is 2. The maximum Gasteiger partial charge on any atom is 0.256 e. The second-order valence-corrected chi connectivity index (χ2v) is 6.48. The summed E-state index contributed by atoms with van der Waals surface area (Å²) in [5.74, 6) is -1.63. The number of halogens is 2. The van der Waals surface area contributed by atoms with Crippen molar-refractivity contribution in [2.45, 2.75) is 19.4 Å². The lowest BCUT2D eigenvalue weighted by atomic mass is 9.92. The fourth-order valence-corrected chi connectivity index (χ4v) is 3.64. The number of carbonyl (C=O) groups excluding carboxylic acids is 1. The summed E-state index contributed by atoms with van der Waals surface area (Å²) in [6.07, 6.45) is 1.80. The van der Waals surface area contributed by atoms with E-state index < -0.39 is 23.2 Å². The molecular formula is C18H16F2N4O2. The molecule has 0 radical (unpaired) electrons. The molecule has 1 atom stereocenters. The van der Waals surface area contributed by atoms with E-state index in [0.717, 1.165) is 6.07 Å². The summed E-state index contributed by atoms with van der Waals surface area (Å²) < 4.78 is 29.3. The molecule has 1 aromatic carbocycles. The molecule has 134 valence electrons. The first kappa shape index (κ1) is 16.4. The third-order valence-corrected chi connectivity index (χ3v) is 4.92. The van der Waals surface area contributed by atoms with Crippen LogP contribution in [0, 0.1) is 11.6 Å². The van der Waals surface area contributed by atoms with Crippen LogP contribution in [-0.4, -0.2) is 31.9 Å². The van der Waals surface area contributed by atoms with Crippen molar-refractivity contribution in [3.05, 3.63) is 63.2 Å². The van der Waals surface area contributed by atoms with Crippen LogP contribution < -0.4 is 5.56 Å². The Morgan fingerprint density at radius 3 is 2.85 bits per heavy atom. The molecular weight excluding hydrogens is 342 g/mol. The lowest BCUT2D eigenvalue weighted by Gasteiger charge is -2.35. The van der Waals surface area contributed by atoms with Crippen molar-refractivity contribution < 1.29 is 13.6 Å². The van der Waals surface area contributed by atoms with Gasteiger partial charge < -0.3 is 14.5 Å². The van der Waals surface area contributed by atoms with E-state index in [-0.39, 0.29) is 24.4 Å². The number of benzene rings is 1. The number of hydrogen-bond acceptors (Lipinski definition) is 3. The SMILES string of the molecule is CC1c2cc(F)cc(F)c2CCN1C(=O)c1cc(=O)[nH]c2ncn(C)c12. The number of nitrogens with zero attached hydrogens (tertiary/aromatic N) is 3. The van der Waals surface area contributed by atoms with Crippen LogP contribution in [0.5, 0.6) is 0 Å². The molecule has 0 bridgehead atoms. The van der Waals surface area contributed by atoms with Gasteiger partial charge in [-0.3, -0.25) is 9.59 Å². The Hall–Kier alpha value is -3.03. The van der Waals surface area contributed by atoms with Crippen molar-refractivity contribution in [3.8, 4) is 0 Å². The number of aromatic nitrogens is 3. The molecule has 3 aromatic rings. The number of amides is 1. The van der Waals surface area contributed by atoms with Crippen LogP contribution in [0.2, 0.25) is 0 Å². The van der Waals surface area contributed by atoms with Crippen LogP contribution >= 0.6 is 0 Å². The van der Waals surface area contributed by atoms with Gasteiger partial charge in [-0.15, -0.1) is 0 Å². The number of carbonyl (C=O) groups is 1. The Labute approximate surface area is 147 Å². The number of imidazole rings is 1. The zero-order valence-electron chi connectivity index (χ0n) is 14.2. The number of H-pyrrole nitrogens is 1. The average Bonchev–Trinajstić information content (AvgIpc) is 2.95. The highest BCUT2D eigenvalue weighted by Crippen LogP contribution is 2.33. The molecule has 1 unspecified atom stereocenters. The summed E-state index contributed by atoms with van der Waals surface area (Å²) in [6.45, 7) is 2.00. The van der Waals surface area contributed by atoms with Crippen LogP contribution in [0.3, 0.4) is 0 Å². The molecule has 2 aromatic heterocycles. The van der Waals surface area contributed by atoms with Gasteiger partial charge in [0.15, 0.2) is 5.65 Å². The fraction of sp³-hybridized carbons (Fsp3) is 0.278. The molecule has 0 saturated heterocycles. The lowest BCUT2D eigenvalue weighted by molar-refractivity contribution is 0.0677. The van der Waals surface area contributed by atoms with Crippen molar-refractivity contribution in [2.75, 3.05) is 6.54 Å². The molecule has 1 aliphatic rings. The largest absolute Gasteiger partial charge is 0.332 e. The predicted molar refractivity (Wildman–Crippen MR) is 90.8 cm³/mol. The molecule has 0 spiro atoms. The zero-order valence-corrected chi connectivity index (χ0v) is 14.2. The molecule has 3 heterocycles. The van der Waals surface area contributed by atoms with E-state index >= 15 is 0 Å². The third-order valence-electron chi connectivity index (χ3n) is 4.92. The van der Waals surface area contributed by atoms with Crippen molar-refractivity contribution >= 4 is 17.1 Å². The first-order valence-corrected chi connectivity index (χ1v) is 8.20. The van der Waals surface area contributed by atoms with Crippen LogP contribution in [0.1, 0.15) is 34.5 Å².